The molecule has 0 spiro atoms. The molecular weight excluding hydrogens is 472 g/mol. The molecule has 2 aromatic heterocycles. The molecule has 0 saturated heterocycles. The van der Waals surface area contributed by atoms with Crippen molar-refractivity contribution >= 4 is 46.0 Å². The fourth-order valence-corrected chi connectivity index (χ4v) is 5.66. The summed E-state index contributed by atoms with van der Waals surface area (Å²) < 4.78 is 5.82. The van der Waals surface area contributed by atoms with E-state index in [9.17, 15) is 9.59 Å². The normalized spacial score (nSPS) is 18.4. The van der Waals surface area contributed by atoms with E-state index in [0.29, 0.717) is 34.5 Å². The predicted molar refractivity (Wildman–Crippen MR) is 132 cm³/mol. The highest BCUT2D eigenvalue weighted by Gasteiger charge is 2.47. The summed E-state index contributed by atoms with van der Waals surface area (Å²) >= 11 is 7.65. The molecule has 1 fully saturated rings. The highest BCUT2D eigenvalue weighted by molar-refractivity contribution is 7.99. The van der Waals surface area contributed by atoms with Crippen LogP contribution in [0.25, 0.3) is 22.4 Å². The molecule has 7 nitrogen and oxygen atoms in total. The Morgan fingerprint density at radius 2 is 1.97 bits per heavy atom. The van der Waals surface area contributed by atoms with Crippen molar-refractivity contribution in [1.82, 2.24) is 20.1 Å². The molecule has 1 aliphatic rings. The van der Waals surface area contributed by atoms with E-state index in [2.05, 4.69) is 15.2 Å². The summed E-state index contributed by atoms with van der Waals surface area (Å²) in [5, 5.41) is 10.0. The standard InChI is InChI=1S/C25H23ClN4O3S/c1-30(25(13-7-6-12-21(25)31)18-9-3-4-10-19(18)26)22(32)15-34-24-29-28-23(33-24)17-14-27-20-11-5-2-8-16(17)20/h2-5,8-11,14,27H,6-7,12-13,15H2,1H3/t25-/m0/s1. The van der Waals surface area contributed by atoms with Crippen LogP contribution in [0.2, 0.25) is 5.02 Å². The van der Waals surface area contributed by atoms with Crippen molar-refractivity contribution in [3.8, 4) is 11.5 Å². The molecule has 0 bridgehead atoms. The van der Waals surface area contributed by atoms with Gasteiger partial charge < -0.3 is 14.3 Å². The fraction of sp³-hybridized carbons (Fsp3) is 0.280. The number of aromatic amines is 1. The van der Waals surface area contributed by atoms with E-state index in [1.807, 2.05) is 48.7 Å². The Labute approximate surface area is 205 Å². The first-order chi connectivity index (χ1) is 16.5. The van der Waals surface area contributed by atoms with Crippen molar-refractivity contribution in [2.75, 3.05) is 12.8 Å². The van der Waals surface area contributed by atoms with Crippen molar-refractivity contribution in [2.45, 2.75) is 36.4 Å². The van der Waals surface area contributed by atoms with Crippen molar-refractivity contribution < 1.29 is 14.0 Å². The third kappa shape index (κ3) is 3.91. The Bertz CT molecular complexity index is 1370. The number of benzene rings is 2. The number of ketones is 1. The van der Waals surface area contributed by atoms with Crippen LogP contribution in [0.15, 0.2) is 64.4 Å². The Hall–Kier alpha value is -3.10. The van der Waals surface area contributed by atoms with Crippen LogP contribution < -0.4 is 0 Å². The van der Waals surface area contributed by atoms with Crippen LogP contribution in [0.3, 0.4) is 0 Å². The van der Waals surface area contributed by atoms with Crippen molar-refractivity contribution in [3.63, 3.8) is 0 Å². The van der Waals surface area contributed by atoms with Crippen LogP contribution in [0, 0.1) is 0 Å². The lowest BCUT2D eigenvalue weighted by atomic mass is 9.74. The minimum atomic E-state index is -1.06. The first kappa shape index (κ1) is 22.7. The van der Waals surface area contributed by atoms with Crippen LogP contribution in [0.4, 0.5) is 0 Å². The summed E-state index contributed by atoms with van der Waals surface area (Å²) in [5.41, 5.74) is 1.41. The molecule has 0 unspecified atom stereocenters. The average molecular weight is 495 g/mol. The number of halogens is 1. The van der Waals surface area contributed by atoms with E-state index in [4.69, 9.17) is 16.0 Å². The number of carbonyl (C=O) groups excluding carboxylic acids is 2. The number of para-hydroxylation sites is 1. The Morgan fingerprint density at radius 3 is 2.79 bits per heavy atom. The summed E-state index contributed by atoms with van der Waals surface area (Å²) in [6, 6.07) is 15.1. The molecule has 1 saturated carbocycles. The quantitative estimate of drug-likeness (QED) is 0.358. The third-order valence-corrected chi connectivity index (χ3v) is 7.60. The maximum atomic E-state index is 13.3. The number of hydrogen-bond donors (Lipinski definition) is 1. The molecule has 1 N–H and O–H groups in total. The smallest absolute Gasteiger partial charge is 0.277 e. The summed E-state index contributed by atoms with van der Waals surface area (Å²) in [6.07, 6.45) is 4.47. The molecule has 4 aromatic rings. The average Bonchev–Trinajstić information content (AvgIpc) is 3.50. The van der Waals surface area contributed by atoms with Gasteiger partial charge in [0.2, 0.25) is 5.91 Å². The molecule has 174 valence electrons. The van der Waals surface area contributed by atoms with Gasteiger partial charge in [0.1, 0.15) is 5.54 Å². The number of hydrogen-bond acceptors (Lipinski definition) is 6. The van der Waals surface area contributed by atoms with Crippen molar-refractivity contribution in [2.24, 2.45) is 0 Å². The second kappa shape index (κ2) is 9.27. The highest BCUT2D eigenvalue weighted by Crippen LogP contribution is 2.42. The number of nitrogens with zero attached hydrogens (tertiary/aromatic N) is 3. The lowest BCUT2D eigenvalue weighted by Gasteiger charge is -2.44. The van der Waals surface area contributed by atoms with E-state index in [-0.39, 0.29) is 17.4 Å². The number of thioether (sulfide) groups is 1. The van der Waals surface area contributed by atoms with Gasteiger partial charge in [-0.05, 0) is 31.4 Å². The predicted octanol–water partition coefficient (Wildman–Crippen LogP) is 5.46. The molecule has 2 aromatic carbocycles. The summed E-state index contributed by atoms with van der Waals surface area (Å²) in [5.74, 6) is 0.265. The molecule has 0 aliphatic heterocycles. The zero-order valence-corrected chi connectivity index (χ0v) is 20.2. The molecule has 5 rings (SSSR count). The number of likely N-dealkylation sites (N-methyl/N-ethyl adjacent to an activating group) is 1. The maximum Gasteiger partial charge on any atom is 0.277 e. The van der Waals surface area contributed by atoms with Crippen molar-refractivity contribution in [1.29, 1.82) is 0 Å². The lowest BCUT2D eigenvalue weighted by molar-refractivity contribution is -0.146. The minimum Gasteiger partial charge on any atom is -0.411 e. The molecule has 9 heteroatoms. The number of aromatic nitrogens is 3. The van der Waals surface area contributed by atoms with Gasteiger partial charge in [0, 0.05) is 41.2 Å². The first-order valence-corrected chi connectivity index (χ1v) is 12.4. The number of amides is 1. The van der Waals surface area contributed by atoms with Gasteiger partial charge in [0.15, 0.2) is 5.78 Å². The van der Waals surface area contributed by atoms with E-state index in [1.54, 1.807) is 18.0 Å². The molecule has 1 aliphatic carbocycles. The maximum absolute atomic E-state index is 13.3. The van der Waals surface area contributed by atoms with Crippen LogP contribution in [-0.4, -0.2) is 44.6 Å². The van der Waals surface area contributed by atoms with Gasteiger partial charge >= 0.3 is 0 Å². The monoisotopic (exact) mass is 494 g/mol. The summed E-state index contributed by atoms with van der Waals surface area (Å²) in [7, 11) is 1.68. The lowest BCUT2D eigenvalue weighted by Crippen LogP contribution is -2.54. The number of H-pyrrole nitrogens is 1. The Balaban J connectivity index is 1.35. The molecule has 2 heterocycles. The minimum absolute atomic E-state index is 0.0205. The molecular formula is C25H23ClN4O3S. The third-order valence-electron chi connectivity index (χ3n) is 6.47. The number of rotatable bonds is 6. The fourth-order valence-electron chi connectivity index (χ4n) is 4.69. The largest absolute Gasteiger partial charge is 0.411 e. The van der Waals surface area contributed by atoms with Gasteiger partial charge in [-0.25, -0.2) is 0 Å². The van der Waals surface area contributed by atoms with Gasteiger partial charge in [0.25, 0.3) is 11.1 Å². The number of nitrogens with one attached hydrogen (secondary N) is 1. The van der Waals surface area contributed by atoms with Crippen LogP contribution in [0.1, 0.15) is 31.2 Å². The zero-order valence-electron chi connectivity index (χ0n) is 18.6. The van der Waals surface area contributed by atoms with E-state index >= 15 is 0 Å². The highest BCUT2D eigenvalue weighted by atomic mass is 35.5. The molecule has 34 heavy (non-hydrogen) atoms. The van der Waals surface area contributed by atoms with Gasteiger partial charge in [0.05, 0.1) is 11.3 Å². The molecule has 0 radical (unpaired) electrons. The zero-order chi connectivity index (χ0) is 23.7. The second-order valence-corrected chi connectivity index (χ2v) is 9.67. The number of Topliss-reactive ketones (excluding diaryl/α,β-unsaturated/α-hetero) is 1. The number of fused-ring (bicyclic) bond motifs is 1. The SMILES string of the molecule is CN(C(=O)CSc1nnc(-c2c[nH]c3ccccc23)o1)[C@]1(c2ccccc2Cl)CCCCC1=O. The van der Waals surface area contributed by atoms with Gasteiger partial charge in [-0.2, -0.15) is 0 Å². The first-order valence-electron chi connectivity index (χ1n) is 11.1. The van der Waals surface area contributed by atoms with Crippen LogP contribution >= 0.6 is 23.4 Å². The van der Waals surface area contributed by atoms with E-state index in [1.165, 1.54) is 0 Å². The van der Waals surface area contributed by atoms with Crippen LogP contribution in [0.5, 0.6) is 0 Å². The summed E-state index contributed by atoms with van der Waals surface area (Å²) in [4.78, 5) is 31.2. The molecule has 1 amide bonds. The topological polar surface area (TPSA) is 92.1 Å². The molecule has 1 atom stereocenters. The van der Waals surface area contributed by atoms with Crippen LogP contribution in [-0.2, 0) is 15.1 Å². The Morgan fingerprint density at radius 1 is 1.18 bits per heavy atom. The number of carbonyl (C=O) groups is 2. The Kier molecular flexibility index (Phi) is 6.18. The van der Waals surface area contributed by atoms with Gasteiger partial charge in [-0.15, -0.1) is 10.2 Å². The second-order valence-electron chi connectivity index (χ2n) is 8.33. The van der Waals surface area contributed by atoms with Gasteiger partial charge in [-0.3, -0.25) is 9.59 Å². The van der Waals surface area contributed by atoms with Crippen molar-refractivity contribution in [3.05, 3.63) is 65.3 Å². The van der Waals surface area contributed by atoms with E-state index < -0.39 is 5.54 Å². The van der Waals surface area contributed by atoms with Gasteiger partial charge in [-0.1, -0.05) is 59.8 Å². The summed E-state index contributed by atoms with van der Waals surface area (Å²) in [6.45, 7) is 0. The van der Waals surface area contributed by atoms with E-state index in [0.717, 1.165) is 41.1 Å².